The SMILES string of the molecule is CC(C)(O)COc1cc(C2(NNCC/C=C/CN3CCC(=O)NC3=O)CC2)ccc1F. The van der Waals surface area contributed by atoms with Crippen LogP contribution in [-0.4, -0.2) is 53.8 Å². The number of nitrogens with zero attached hydrogens (tertiary/aromatic N) is 1. The first-order chi connectivity index (χ1) is 14.7. The van der Waals surface area contributed by atoms with E-state index in [9.17, 15) is 19.1 Å². The first-order valence-corrected chi connectivity index (χ1v) is 10.6. The summed E-state index contributed by atoms with van der Waals surface area (Å²) in [6, 6.07) is 4.49. The van der Waals surface area contributed by atoms with Gasteiger partial charge in [0.2, 0.25) is 5.91 Å². The molecule has 0 aromatic heterocycles. The lowest BCUT2D eigenvalue weighted by atomic mass is 10.0. The van der Waals surface area contributed by atoms with Crippen LogP contribution in [0.15, 0.2) is 30.4 Å². The molecule has 3 rings (SSSR count). The monoisotopic (exact) mass is 434 g/mol. The first-order valence-electron chi connectivity index (χ1n) is 10.6. The number of ether oxygens (including phenoxy) is 1. The zero-order chi connectivity index (χ0) is 22.5. The molecule has 2 fully saturated rings. The third-order valence-electron chi connectivity index (χ3n) is 5.21. The number of imide groups is 1. The Balaban J connectivity index is 1.41. The van der Waals surface area contributed by atoms with Crippen molar-refractivity contribution in [3.8, 4) is 5.75 Å². The molecule has 0 bridgehead atoms. The highest BCUT2D eigenvalue weighted by Gasteiger charge is 2.44. The lowest BCUT2D eigenvalue weighted by Crippen LogP contribution is -2.49. The fraction of sp³-hybridized carbons (Fsp3) is 0.545. The number of hydrazine groups is 1. The fourth-order valence-electron chi connectivity index (χ4n) is 3.26. The Morgan fingerprint density at radius 1 is 1.32 bits per heavy atom. The Bertz CT molecular complexity index is 833. The number of hydrogen-bond acceptors (Lipinski definition) is 6. The summed E-state index contributed by atoms with van der Waals surface area (Å²) in [6.07, 6.45) is 6.85. The molecule has 1 aromatic rings. The highest BCUT2D eigenvalue weighted by Crippen LogP contribution is 2.46. The average Bonchev–Trinajstić information content (AvgIpc) is 3.48. The Morgan fingerprint density at radius 2 is 2.10 bits per heavy atom. The number of halogens is 1. The number of carbonyl (C=O) groups is 2. The van der Waals surface area contributed by atoms with Crippen molar-refractivity contribution < 1.29 is 23.8 Å². The van der Waals surface area contributed by atoms with Gasteiger partial charge in [0.1, 0.15) is 6.61 Å². The van der Waals surface area contributed by atoms with Crippen LogP contribution in [0.25, 0.3) is 0 Å². The minimum atomic E-state index is -1.04. The van der Waals surface area contributed by atoms with Crippen LogP contribution in [0.5, 0.6) is 5.75 Å². The third kappa shape index (κ3) is 6.75. The second kappa shape index (κ2) is 9.76. The second-order valence-corrected chi connectivity index (χ2v) is 8.69. The van der Waals surface area contributed by atoms with E-state index < -0.39 is 11.4 Å². The third-order valence-corrected chi connectivity index (χ3v) is 5.21. The number of rotatable bonds is 11. The number of carbonyl (C=O) groups excluding carboxylic acids is 2. The average molecular weight is 435 g/mol. The van der Waals surface area contributed by atoms with E-state index in [1.165, 1.54) is 6.07 Å². The molecule has 31 heavy (non-hydrogen) atoms. The standard InChI is InChI=1S/C22H31FN4O4/c1-21(2,30)15-31-18-14-16(6-7-17(18)23)22(9-10-22)26-24-11-4-3-5-12-27-13-8-19(28)25-20(27)29/h3,5-7,14,24,26,30H,4,8-13,15H2,1-2H3,(H,25,28,29)/b5-3+. The second-order valence-electron chi connectivity index (χ2n) is 8.69. The molecule has 3 amide bonds. The normalized spacial score (nSPS) is 18.4. The van der Waals surface area contributed by atoms with Crippen molar-refractivity contribution in [2.24, 2.45) is 0 Å². The van der Waals surface area contributed by atoms with Crippen LogP contribution in [0.1, 0.15) is 45.1 Å². The zero-order valence-electron chi connectivity index (χ0n) is 18.0. The lowest BCUT2D eigenvalue weighted by molar-refractivity contribution is -0.121. The van der Waals surface area contributed by atoms with Crippen LogP contribution < -0.4 is 20.9 Å². The molecule has 4 N–H and O–H groups in total. The van der Waals surface area contributed by atoms with Gasteiger partial charge in [-0.1, -0.05) is 18.2 Å². The van der Waals surface area contributed by atoms with E-state index in [-0.39, 0.29) is 29.8 Å². The summed E-state index contributed by atoms with van der Waals surface area (Å²) in [6.45, 7) is 4.83. The number of benzene rings is 1. The van der Waals surface area contributed by atoms with E-state index in [2.05, 4.69) is 16.2 Å². The topological polar surface area (TPSA) is 103 Å². The van der Waals surface area contributed by atoms with Crippen molar-refractivity contribution in [2.45, 2.75) is 50.7 Å². The van der Waals surface area contributed by atoms with E-state index in [0.717, 1.165) is 24.8 Å². The molecule has 0 atom stereocenters. The molecule has 0 radical (unpaired) electrons. The largest absolute Gasteiger partial charge is 0.488 e. The molecular formula is C22H31FN4O4. The van der Waals surface area contributed by atoms with E-state index in [4.69, 9.17) is 4.74 Å². The molecule has 1 saturated carbocycles. The predicted molar refractivity (Wildman–Crippen MR) is 114 cm³/mol. The summed E-state index contributed by atoms with van der Waals surface area (Å²) in [5.74, 6) is -0.542. The van der Waals surface area contributed by atoms with Gasteiger partial charge in [-0.25, -0.2) is 14.6 Å². The quantitative estimate of drug-likeness (QED) is 0.241. The van der Waals surface area contributed by atoms with Crippen LogP contribution >= 0.6 is 0 Å². The van der Waals surface area contributed by atoms with Crippen LogP contribution in [0.3, 0.4) is 0 Å². The maximum absolute atomic E-state index is 14.1. The highest BCUT2D eigenvalue weighted by molar-refractivity contribution is 5.96. The maximum Gasteiger partial charge on any atom is 0.324 e. The molecule has 1 aromatic carbocycles. The molecule has 0 unspecified atom stereocenters. The molecule has 1 aliphatic carbocycles. The molecular weight excluding hydrogens is 403 g/mol. The van der Waals surface area contributed by atoms with Crippen molar-refractivity contribution >= 4 is 11.9 Å². The van der Waals surface area contributed by atoms with Crippen LogP contribution in [0.4, 0.5) is 9.18 Å². The predicted octanol–water partition coefficient (Wildman–Crippen LogP) is 1.95. The fourth-order valence-corrected chi connectivity index (χ4v) is 3.26. The smallest absolute Gasteiger partial charge is 0.324 e. The Labute approximate surface area is 181 Å². The highest BCUT2D eigenvalue weighted by atomic mass is 19.1. The Morgan fingerprint density at radius 3 is 2.77 bits per heavy atom. The van der Waals surface area contributed by atoms with E-state index in [1.54, 1.807) is 30.9 Å². The molecule has 0 spiro atoms. The van der Waals surface area contributed by atoms with Crippen molar-refractivity contribution in [2.75, 3.05) is 26.2 Å². The molecule has 8 nitrogen and oxygen atoms in total. The molecule has 2 aliphatic rings. The van der Waals surface area contributed by atoms with E-state index in [0.29, 0.717) is 26.1 Å². The van der Waals surface area contributed by atoms with Crippen molar-refractivity contribution in [3.63, 3.8) is 0 Å². The summed E-state index contributed by atoms with van der Waals surface area (Å²) >= 11 is 0. The number of nitrogens with one attached hydrogen (secondary N) is 3. The van der Waals surface area contributed by atoms with Crippen LogP contribution in [-0.2, 0) is 10.3 Å². The van der Waals surface area contributed by atoms with Gasteiger partial charge in [-0.05, 0) is 50.8 Å². The molecule has 9 heteroatoms. The van der Waals surface area contributed by atoms with Gasteiger partial charge >= 0.3 is 6.03 Å². The van der Waals surface area contributed by atoms with E-state index >= 15 is 0 Å². The summed E-state index contributed by atoms with van der Waals surface area (Å²) in [4.78, 5) is 24.4. The molecule has 1 aliphatic heterocycles. The molecule has 1 saturated heterocycles. The van der Waals surface area contributed by atoms with Gasteiger partial charge in [-0.2, -0.15) is 0 Å². The van der Waals surface area contributed by atoms with Gasteiger partial charge in [-0.3, -0.25) is 15.5 Å². The number of hydrogen-bond donors (Lipinski definition) is 4. The van der Waals surface area contributed by atoms with Crippen LogP contribution in [0, 0.1) is 5.82 Å². The summed E-state index contributed by atoms with van der Waals surface area (Å²) < 4.78 is 19.5. The van der Waals surface area contributed by atoms with E-state index in [1.807, 2.05) is 12.2 Å². The molecule has 1 heterocycles. The van der Waals surface area contributed by atoms with Gasteiger partial charge < -0.3 is 14.7 Å². The minimum Gasteiger partial charge on any atom is -0.488 e. The first kappa shape index (κ1) is 23.2. The van der Waals surface area contributed by atoms with Gasteiger partial charge in [-0.15, -0.1) is 0 Å². The van der Waals surface area contributed by atoms with Crippen molar-refractivity contribution in [1.29, 1.82) is 0 Å². The van der Waals surface area contributed by atoms with Crippen molar-refractivity contribution in [1.82, 2.24) is 21.1 Å². The van der Waals surface area contributed by atoms with Gasteiger partial charge in [0.15, 0.2) is 11.6 Å². The summed E-state index contributed by atoms with van der Waals surface area (Å²) in [5.41, 5.74) is 6.20. The van der Waals surface area contributed by atoms with Crippen molar-refractivity contribution in [3.05, 3.63) is 41.7 Å². The Kier molecular flexibility index (Phi) is 7.30. The minimum absolute atomic E-state index is 0.00772. The summed E-state index contributed by atoms with van der Waals surface area (Å²) in [5, 5.41) is 12.1. The Hall–Kier alpha value is -2.49. The van der Waals surface area contributed by atoms with Gasteiger partial charge in [0.05, 0.1) is 11.1 Å². The number of aliphatic hydroxyl groups is 1. The van der Waals surface area contributed by atoms with Gasteiger partial charge in [0.25, 0.3) is 0 Å². The molecule has 170 valence electrons. The maximum atomic E-state index is 14.1. The summed E-state index contributed by atoms with van der Waals surface area (Å²) in [7, 11) is 0. The number of amides is 3. The van der Waals surface area contributed by atoms with Crippen LogP contribution in [0.2, 0.25) is 0 Å². The zero-order valence-corrected chi connectivity index (χ0v) is 18.0. The lowest BCUT2D eigenvalue weighted by Gasteiger charge is -2.25. The number of urea groups is 1. The van der Waals surface area contributed by atoms with Gasteiger partial charge in [0, 0.05) is 26.1 Å².